The minimum atomic E-state index is -1.04. The van der Waals surface area contributed by atoms with E-state index < -0.39 is 36.8 Å². The summed E-state index contributed by atoms with van der Waals surface area (Å²) in [5.41, 5.74) is 0. The van der Waals surface area contributed by atoms with Gasteiger partial charge in [-0.25, -0.2) is 9.59 Å². The van der Waals surface area contributed by atoms with Crippen LogP contribution in [0.2, 0.25) is 0 Å². The molecule has 0 amide bonds. The van der Waals surface area contributed by atoms with E-state index in [2.05, 4.69) is 18.9 Å². The molecule has 0 radical (unpaired) electrons. The maximum atomic E-state index is 11.5. The van der Waals surface area contributed by atoms with Crippen molar-refractivity contribution >= 4 is 24.2 Å². The summed E-state index contributed by atoms with van der Waals surface area (Å²) < 4.78 is 27.4. The summed E-state index contributed by atoms with van der Waals surface area (Å²) in [6.45, 7) is 2.78. The van der Waals surface area contributed by atoms with Crippen molar-refractivity contribution in [3.63, 3.8) is 0 Å². The highest BCUT2D eigenvalue weighted by Gasteiger charge is 2.15. The normalized spacial score (nSPS) is 12.3. The molecule has 0 aromatic carbocycles. The Balaban J connectivity index is 3.74. The predicted molar refractivity (Wildman–Crippen MR) is 81.2 cm³/mol. The summed E-state index contributed by atoms with van der Waals surface area (Å²) in [5, 5.41) is 0. The number of rotatable bonds is 10. The standard InChI is InChI=1S/C15H24O10/c1-10(24-14(18)20-3)22-12(16)8-6-5-7-9-13(17)23-11(2)25-15(19)21-4/h10-11H,5-9H2,1-4H3. The molecular formula is C15H24O10. The molecule has 0 bridgehead atoms. The van der Waals surface area contributed by atoms with Crippen molar-refractivity contribution in [3.8, 4) is 0 Å². The first-order chi connectivity index (χ1) is 11.8. The van der Waals surface area contributed by atoms with Crippen LogP contribution in [0.5, 0.6) is 0 Å². The van der Waals surface area contributed by atoms with Gasteiger partial charge in [0.25, 0.3) is 0 Å². The first-order valence-corrected chi connectivity index (χ1v) is 7.66. The summed E-state index contributed by atoms with van der Waals surface area (Å²) >= 11 is 0. The van der Waals surface area contributed by atoms with Crippen molar-refractivity contribution < 1.29 is 47.6 Å². The number of ether oxygens (including phenoxy) is 6. The molecular weight excluding hydrogens is 340 g/mol. The van der Waals surface area contributed by atoms with Crippen molar-refractivity contribution in [2.24, 2.45) is 0 Å². The Bertz CT molecular complexity index is 408. The van der Waals surface area contributed by atoms with E-state index in [0.29, 0.717) is 19.3 Å². The second-order valence-electron chi connectivity index (χ2n) is 4.82. The number of carbonyl (C=O) groups is 4. The lowest BCUT2D eigenvalue weighted by Crippen LogP contribution is -2.21. The fraction of sp³-hybridized carbons (Fsp3) is 0.733. The predicted octanol–water partition coefficient (Wildman–Crippen LogP) is 2.28. The third-order valence-corrected chi connectivity index (χ3v) is 2.71. The topological polar surface area (TPSA) is 124 Å². The van der Waals surface area contributed by atoms with Gasteiger partial charge in [-0.2, -0.15) is 0 Å². The third-order valence-electron chi connectivity index (χ3n) is 2.71. The van der Waals surface area contributed by atoms with E-state index in [9.17, 15) is 19.2 Å². The van der Waals surface area contributed by atoms with Gasteiger partial charge in [0.15, 0.2) is 0 Å². The van der Waals surface area contributed by atoms with Gasteiger partial charge in [-0.3, -0.25) is 9.59 Å². The number of hydrogen-bond donors (Lipinski definition) is 0. The smallest absolute Gasteiger partial charge is 0.438 e. The zero-order valence-corrected chi connectivity index (χ0v) is 14.8. The van der Waals surface area contributed by atoms with Crippen molar-refractivity contribution in [1.29, 1.82) is 0 Å². The molecule has 10 nitrogen and oxygen atoms in total. The van der Waals surface area contributed by atoms with Gasteiger partial charge >= 0.3 is 24.2 Å². The van der Waals surface area contributed by atoms with E-state index in [4.69, 9.17) is 9.47 Å². The zero-order chi connectivity index (χ0) is 19.2. The minimum Gasteiger partial charge on any atom is -0.438 e. The molecule has 25 heavy (non-hydrogen) atoms. The van der Waals surface area contributed by atoms with Crippen molar-refractivity contribution in [3.05, 3.63) is 0 Å². The molecule has 0 fully saturated rings. The number of carbonyl (C=O) groups excluding carboxylic acids is 4. The maximum Gasteiger partial charge on any atom is 0.511 e. The van der Waals surface area contributed by atoms with Gasteiger partial charge in [0.2, 0.25) is 12.6 Å². The molecule has 2 unspecified atom stereocenters. The van der Waals surface area contributed by atoms with Crippen LogP contribution in [0.3, 0.4) is 0 Å². The molecule has 0 saturated carbocycles. The highest BCUT2D eigenvalue weighted by molar-refractivity contribution is 5.70. The van der Waals surface area contributed by atoms with Crippen LogP contribution in [0, 0.1) is 0 Å². The lowest BCUT2D eigenvalue weighted by Gasteiger charge is -2.13. The average molecular weight is 364 g/mol. The molecule has 0 aromatic heterocycles. The van der Waals surface area contributed by atoms with Crippen LogP contribution in [-0.2, 0) is 38.0 Å². The van der Waals surface area contributed by atoms with E-state index in [1.807, 2.05) is 0 Å². The minimum absolute atomic E-state index is 0.117. The van der Waals surface area contributed by atoms with Gasteiger partial charge in [-0.15, -0.1) is 0 Å². The summed E-state index contributed by atoms with van der Waals surface area (Å²) in [7, 11) is 2.29. The van der Waals surface area contributed by atoms with Gasteiger partial charge in [0.05, 0.1) is 14.2 Å². The van der Waals surface area contributed by atoms with E-state index in [1.165, 1.54) is 13.8 Å². The van der Waals surface area contributed by atoms with E-state index in [0.717, 1.165) is 14.2 Å². The van der Waals surface area contributed by atoms with Gasteiger partial charge < -0.3 is 28.4 Å². The first kappa shape index (κ1) is 22.5. The fourth-order valence-electron chi connectivity index (χ4n) is 1.62. The quantitative estimate of drug-likeness (QED) is 0.247. The average Bonchev–Trinajstić information content (AvgIpc) is 2.53. The van der Waals surface area contributed by atoms with E-state index >= 15 is 0 Å². The highest BCUT2D eigenvalue weighted by atomic mass is 16.8. The molecule has 0 rings (SSSR count). The molecule has 0 aliphatic heterocycles. The zero-order valence-electron chi connectivity index (χ0n) is 14.8. The Kier molecular flexibility index (Phi) is 11.6. The van der Waals surface area contributed by atoms with Crippen LogP contribution in [0.15, 0.2) is 0 Å². The molecule has 0 spiro atoms. The number of esters is 2. The van der Waals surface area contributed by atoms with Crippen LogP contribution >= 0.6 is 0 Å². The molecule has 0 aliphatic rings. The van der Waals surface area contributed by atoms with Gasteiger partial charge in [-0.1, -0.05) is 6.42 Å². The van der Waals surface area contributed by atoms with Crippen molar-refractivity contribution in [2.45, 2.75) is 58.5 Å². The van der Waals surface area contributed by atoms with Crippen LogP contribution < -0.4 is 0 Å². The molecule has 0 saturated heterocycles. The van der Waals surface area contributed by atoms with Crippen LogP contribution in [-0.4, -0.2) is 51.0 Å². The summed E-state index contributed by atoms with van der Waals surface area (Å²) in [4.78, 5) is 44.6. The molecule has 10 heteroatoms. The summed E-state index contributed by atoms with van der Waals surface area (Å²) in [6, 6.07) is 0. The van der Waals surface area contributed by atoms with Crippen LogP contribution in [0.1, 0.15) is 46.0 Å². The Morgan fingerprint density at radius 1 is 0.640 bits per heavy atom. The lowest BCUT2D eigenvalue weighted by atomic mass is 10.1. The van der Waals surface area contributed by atoms with Gasteiger partial charge in [0, 0.05) is 26.7 Å². The Morgan fingerprint density at radius 2 is 1.00 bits per heavy atom. The molecule has 144 valence electrons. The second-order valence-corrected chi connectivity index (χ2v) is 4.82. The first-order valence-electron chi connectivity index (χ1n) is 7.66. The Labute approximate surface area is 145 Å². The fourth-order valence-corrected chi connectivity index (χ4v) is 1.62. The van der Waals surface area contributed by atoms with Gasteiger partial charge in [-0.05, 0) is 12.8 Å². The van der Waals surface area contributed by atoms with Crippen molar-refractivity contribution in [2.75, 3.05) is 14.2 Å². The van der Waals surface area contributed by atoms with Crippen LogP contribution in [0.25, 0.3) is 0 Å². The molecule has 0 aliphatic carbocycles. The third kappa shape index (κ3) is 12.6. The summed E-state index contributed by atoms with van der Waals surface area (Å²) in [6.07, 6.45) is -2.15. The Morgan fingerprint density at radius 3 is 1.32 bits per heavy atom. The van der Waals surface area contributed by atoms with Crippen LogP contribution in [0.4, 0.5) is 9.59 Å². The number of methoxy groups -OCH3 is 2. The maximum absolute atomic E-state index is 11.5. The monoisotopic (exact) mass is 364 g/mol. The molecule has 0 aromatic rings. The van der Waals surface area contributed by atoms with E-state index in [1.54, 1.807) is 0 Å². The lowest BCUT2D eigenvalue weighted by molar-refractivity contribution is -0.168. The largest absolute Gasteiger partial charge is 0.511 e. The van der Waals surface area contributed by atoms with Gasteiger partial charge in [0.1, 0.15) is 0 Å². The number of unbranched alkanes of at least 4 members (excludes halogenated alkanes) is 2. The number of hydrogen-bond acceptors (Lipinski definition) is 10. The SMILES string of the molecule is COC(=O)OC(C)OC(=O)CCCCCC(=O)OC(C)OC(=O)OC. The molecule has 2 atom stereocenters. The molecule has 0 N–H and O–H groups in total. The van der Waals surface area contributed by atoms with Crippen molar-refractivity contribution in [1.82, 2.24) is 0 Å². The second kappa shape index (κ2) is 12.8. The van der Waals surface area contributed by atoms with E-state index in [-0.39, 0.29) is 12.8 Å². The molecule has 0 heterocycles. The Hall–Kier alpha value is -2.52. The summed E-state index contributed by atoms with van der Waals surface area (Å²) in [5.74, 6) is -1.06. The highest BCUT2D eigenvalue weighted by Crippen LogP contribution is 2.08.